The molecular formula is C7H11GaO3S. The van der Waals surface area contributed by atoms with Crippen LogP contribution in [0, 0.1) is 6.92 Å². The van der Waals surface area contributed by atoms with Crippen LogP contribution in [0.1, 0.15) is 5.56 Å². The third-order valence-corrected chi connectivity index (χ3v) is 2.19. The predicted octanol–water partition coefficient (Wildman–Crippen LogP) is 0.0578. The van der Waals surface area contributed by atoms with Crippen molar-refractivity contribution in [1.29, 1.82) is 0 Å². The summed E-state index contributed by atoms with van der Waals surface area (Å²) in [6.07, 6.45) is 0. The first-order valence-corrected chi connectivity index (χ1v) is 4.48. The molecule has 1 aromatic rings. The van der Waals surface area contributed by atoms with Crippen LogP contribution >= 0.6 is 0 Å². The molecule has 0 saturated carbocycles. The molecule has 0 amide bonds. The first-order valence-electron chi connectivity index (χ1n) is 3.04. The molecule has 0 heterocycles. The van der Waals surface area contributed by atoms with Gasteiger partial charge >= 0.3 is 19.8 Å². The molecule has 3 nitrogen and oxygen atoms in total. The van der Waals surface area contributed by atoms with Crippen LogP contribution in [0.4, 0.5) is 0 Å². The van der Waals surface area contributed by atoms with Crippen molar-refractivity contribution in [3.8, 4) is 0 Å². The van der Waals surface area contributed by atoms with Gasteiger partial charge in [0.15, 0.2) is 0 Å². The van der Waals surface area contributed by atoms with E-state index < -0.39 is 10.1 Å². The molecule has 0 aliphatic heterocycles. The number of benzene rings is 1. The zero-order chi connectivity index (χ0) is 8.48. The number of rotatable bonds is 1. The van der Waals surface area contributed by atoms with Gasteiger partial charge in [0, 0.05) is 0 Å². The van der Waals surface area contributed by atoms with Gasteiger partial charge in [-0.1, -0.05) is 17.7 Å². The van der Waals surface area contributed by atoms with E-state index in [2.05, 4.69) is 0 Å². The van der Waals surface area contributed by atoms with Crippen molar-refractivity contribution >= 4 is 29.9 Å². The van der Waals surface area contributed by atoms with Crippen molar-refractivity contribution in [1.82, 2.24) is 0 Å². The quantitative estimate of drug-likeness (QED) is 0.562. The van der Waals surface area contributed by atoms with Crippen molar-refractivity contribution in [2.75, 3.05) is 0 Å². The summed E-state index contributed by atoms with van der Waals surface area (Å²) in [4.78, 5) is -0.0666. The van der Waals surface area contributed by atoms with Gasteiger partial charge in [0.1, 0.15) is 0 Å². The summed E-state index contributed by atoms with van der Waals surface area (Å²) in [5.74, 6) is 0. The van der Waals surface area contributed by atoms with Crippen LogP contribution in [0.25, 0.3) is 0 Å². The Balaban J connectivity index is 0.00000121. The van der Waals surface area contributed by atoms with Crippen LogP contribution in [0.3, 0.4) is 0 Å². The summed E-state index contributed by atoms with van der Waals surface area (Å²) >= 11 is 0. The van der Waals surface area contributed by atoms with Gasteiger partial charge in [0.2, 0.25) is 0 Å². The molecule has 0 spiro atoms. The fraction of sp³-hybridized carbons (Fsp3) is 0.143. The number of hydrogen-bond donors (Lipinski definition) is 1. The van der Waals surface area contributed by atoms with Crippen molar-refractivity contribution in [2.24, 2.45) is 0 Å². The van der Waals surface area contributed by atoms with Crippen LogP contribution in [0.2, 0.25) is 0 Å². The molecule has 0 atom stereocenters. The minimum atomic E-state index is -4.02. The van der Waals surface area contributed by atoms with Gasteiger partial charge in [0.05, 0.1) is 4.90 Å². The van der Waals surface area contributed by atoms with Crippen LogP contribution in [-0.2, 0) is 10.1 Å². The van der Waals surface area contributed by atoms with E-state index in [1.807, 2.05) is 6.92 Å². The monoisotopic (exact) mass is 244 g/mol. The topological polar surface area (TPSA) is 54.4 Å². The summed E-state index contributed by atoms with van der Waals surface area (Å²) < 4.78 is 29.6. The Hall–Kier alpha value is -0.234. The Morgan fingerprint density at radius 1 is 1.17 bits per heavy atom. The Kier molecular flexibility index (Phi) is 4.05. The normalized spacial score (nSPS) is 10.5. The summed E-state index contributed by atoms with van der Waals surface area (Å²) in [6, 6.07) is 5.99. The maximum atomic E-state index is 10.5. The zero-order valence-electron chi connectivity index (χ0n) is 5.98. The van der Waals surface area contributed by atoms with E-state index in [0.29, 0.717) is 0 Å². The van der Waals surface area contributed by atoms with Gasteiger partial charge in [-0.05, 0) is 19.1 Å². The fourth-order valence-corrected chi connectivity index (χ4v) is 1.19. The van der Waals surface area contributed by atoms with E-state index in [4.69, 9.17) is 4.55 Å². The van der Waals surface area contributed by atoms with E-state index in [1.54, 1.807) is 12.1 Å². The van der Waals surface area contributed by atoms with Gasteiger partial charge < -0.3 is 0 Å². The third kappa shape index (κ3) is 3.02. The molecule has 0 bridgehead atoms. The molecule has 0 aromatic heterocycles. The molecule has 12 heavy (non-hydrogen) atoms. The van der Waals surface area contributed by atoms with Crippen molar-refractivity contribution < 1.29 is 13.0 Å². The van der Waals surface area contributed by atoms with E-state index in [9.17, 15) is 8.42 Å². The first kappa shape index (κ1) is 11.8. The Morgan fingerprint density at radius 2 is 1.58 bits per heavy atom. The molecule has 1 aromatic carbocycles. The summed E-state index contributed by atoms with van der Waals surface area (Å²) in [7, 11) is -4.02. The molecule has 0 unspecified atom stereocenters. The average Bonchev–Trinajstić information content (AvgIpc) is 1.86. The van der Waals surface area contributed by atoms with Crippen LogP contribution in [-0.4, -0.2) is 32.8 Å². The molecular weight excluding hydrogens is 234 g/mol. The van der Waals surface area contributed by atoms with Gasteiger partial charge in [-0.25, -0.2) is 0 Å². The Bertz CT molecular complexity index is 341. The molecule has 0 saturated heterocycles. The second-order valence-corrected chi connectivity index (χ2v) is 3.71. The SMILES string of the molecule is Cc1ccc(S(=O)(=O)O)cc1.[GaH3]. The van der Waals surface area contributed by atoms with E-state index in [-0.39, 0.29) is 24.7 Å². The standard InChI is InChI=1S/C7H8O3S.Ga.3H/c1-6-2-4-7(5-3-6)11(8,9)10;;;;/h2-5H,1H3,(H,8,9,10);;;;. The van der Waals surface area contributed by atoms with Crippen molar-refractivity contribution in [2.45, 2.75) is 11.8 Å². The predicted molar refractivity (Wildman–Crippen MR) is 50.9 cm³/mol. The first-order chi connectivity index (χ1) is 5.00. The Labute approximate surface area is 84.6 Å². The van der Waals surface area contributed by atoms with E-state index in [1.165, 1.54) is 12.1 Å². The van der Waals surface area contributed by atoms with Crippen molar-refractivity contribution in [3.05, 3.63) is 29.8 Å². The van der Waals surface area contributed by atoms with Crippen LogP contribution < -0.4 is 0 Å². The summed E-state index contributed by atoms with van der Waals surface area (Å²) in [5, 5.41) is 0. The summed E-state index contributed by atoms with van der Waals surface area (Å²) in [5.41, 5.74) is 0.956. The molecule has 0 radical (unpaired) electrons. The van der Waals surface area contributed by atoms with Crippen LogP contribution in [0.15, 0.2) is 29.2 Å². The van der Waals surface area contributed by atoms with E-state index >= 15 is 0 Å². The van der Waals surface area contributed by atoms with E-state index in [0.717, 1.165) is 5.56 Å². The molecule has 0 aliphatic rings. The number of aryl methyl sites for hydroxylation is 1. The maximum absolute atomic E-state index is 10.5. The molecule has 66 valence electrons. The van der Waals surface area contributed by atoms with Gasteiger partial charge in [-0.3, -0.25) is 4.55 Å². The number of hydrogen-bond acceptors (Lipinski definition) is 2. The molecule has 5 heteroatoms. The summed E-state index contributed by atoms with van der Waals surface area (Å²) in [6.45, 7) is 1.84. The average molecular weight is 245 g/mol. The second-order valence-electron chi connectivity index (χ2n) is 2.29. The van der Waals surface area contributed by atoms with Crippen molar-refractivity contribution in [3.63, 3.8) is 0 Å². The zero-order valence-corrected chi connectivity index (χ0v) is 6.80. The van der Waals surface area contributed by atoms with Gasteiger partial charge in [-0.15, -0.1) is 0 Å². The Morgan fingerprint density at radius 3 is 1.92 bits per heavy atom. The third-order valence-electron chi connectivity index (χ3n) is 1.32. The molecule has 0 aliphatic carbocycles. The fourth-order valence-electron chi connectivity index (χ4n) is 0.710. The molecule has 1 rings (SSSR count). The minimum absolute atomic E-state index is 0. The van der Waals surface area contributed by atoms with Crippen LogP contribution in [0.5, 0.6) is 0 Å². The molecule has 0 fully saturated rings. The van der Waals surface area contributed by atoms with Gasteiger partial charge in [-0.2, -0.15) is 8.42 Å². The van der Waals surface area contributed by atoms with Gasteiger partial charge in [0.25, 0.3) is 10.1 Å². The molecule has 1 N–H and O–H groups in total. The second kappa shape index (κ2) is 4.13.